The minimum atomic E-state index is 0.440. The number of nitrogens with zero attached hydrogens (tertiary/aromatic N) is 3. The Balaban J connectivity index is 1.74. The van der Waals surface area contributed by atoms with Crippen molar-refractivity contribution >= 4 is 34.7 Å². The molecule has 0 amide bonds. The molecule has 122 valence electrons. The molecule has 0 aliphatic heterocycles. The van der Waals surface area contributed by atoms with Crippen molar-refractivity contribution in [2.45, 2.75) is 13.5 Å². The van der Waals surface area contributed by atoms with Crippen molar-refractivity contribution in [2.24, 2.45) is 0 Å². The lowest BCUT2D eigenvalue weighted by Crippen LogP contribution is -2.08. The first-order chi connectivity index (χ1) is 11.6. The molecule has 0 spiro atoms. The second-order valence-electron chi connectivity index (χ2n) is 5.31. The number of aromatic nitrogens is 3. The summed E-state index contributed by atoms with van der Waals surface area (Å²) < 4.78 is 0. The van der Waals surface area contributed by atoms with Crippen LogP contribution in [0.5, 0.6) is 0 Å². The fraction of sp³-hybridized carbons (Fsp3) is 0.118. The molecule has 2 aromatic heterocycles. The van der Waals surface area contributed by atoms with Gasteiger partial charge in [-0.3, -0.25) is 0 Å². The Morgan fingerprint density at radius 3 is 2.54 bits per heavy atom. The summed E-state index contributed by atoms with van der Waals surface area (Å²) in [5.41, 5.74) is 8.77. The predicted molar refractivity (Wildman–Crippen MR) is 97.5 cm³/mol. The zero-order valence-electron chi connectivity index (χ0n) is 13.1. The summed E-state index contributed by atoms with van der Waals surface area (Å²) in [4.78, 5) is 12.6. The van der Waals surface area contributed by atoms with E-state index in [1.54, 1.807) is 6.20 Å². The van der Waals surface area contributed by atoms with Crippen LogP contribution in [0.1, 0.15) is 11.1 Å². The van der Waals surface area contributed by atoms with Crippen LogP contribution in [-0.2, 0) is 6.54 Å². The lowest BCUT2D eigenvalue weighted by Gasteiger charge is -2.12. The third kappa shape index (κ3) is 3.91. The number of pyridine rings is 1. The van der Waals surface area contributed by atoms with Gasteiger partial charge in [-0.25, -0.2) is 15.0 Å². The van der Waals surface area contributed by atoms with Crippen LogP contribution in [0.2, 0.25) is 5.02 Å². The van der Waals surface area contributed by atoms with E-state index >= 15 is 0 Å². The molecule has 0 unspecified atom stereocenters. The summed E-state index contributed by atoms with van der Waals surface area (Å²) in [6, 6.07) is 11.4. The van der Waals surface area contributed by atoms with Gasteiger partial charge in [0.25, 0.3) is 0 Å². The number of hydrogen-bond donors (Lipinski definition) is 3. The zero-order valence-corrected chi connectivity index (χ0v) is 13.9. The maximum atomic E-state index is 6.16. The minimum Gasteiger partial charge on any atom is -0.393 e. The van der Waals surface area contributed by atoms with Crippen LogP contribution in [0, 0.1) is 6.92 Å². The lowest BCUT2D eigenvalue weighted by molar-refractivity contribution is 1.08. The molecule has 1 aromatic carbocycles. The monoisotopic (exact) mass is 340 g/mol. The fourth-order valence-corrected chi connectivity index (χ4v) is 2.28. The van der Waals surface area contributed by atoms with E-state index in [4.69, 9.17) is 17.3 Å². The van der Waals surface area contributed by atoms with Gasteiger partial charge >= 0.3 is 0 Å². The number of rotatable bonds is 5. The van der Waals surface area contributed by atoms with Crippen molar-refractivity contribution in [1.82, 2.24) is 15.0 Å². The molecule has 24 heavy (non-hydrogen) atoms. The second kappa shape index (κ2) is 7.14. The summed E-state index contributed by atoms with van der Waals surface area (Å²) >= 11 is 5.89. The van der Waals surface area contributed by atoms with Crippen LogP contribution in [0.25, 0.3) is 0 Å². The van der Waals surface area contributed by atoms with Crippen molar-refractivity contribution in [2.75, 3.05) is 16.4 Å². The van der Waals surface area contributed by atoms with Gasteiger partial charge < -0.3 is 16.4 Å². The molecule has 6 nitrogen and oxygen atoms in total. The molecule has 0 atom stereocenters. The van der Waals surface area contributed by atoms with Gasteiger partial charge in [0.05, 0.1) is 0 Å². The Hall–Kier alpha value is -2.86. The fourth-order valence-electron chi connectivity index (χ4n) is 2.15. The molecular formula is C17H17ClN6. The Kier molecular flexibility index (Phi) is 4.77. The largest absolute Gasteiger partial charge is 0.393 e. The first kappa shape index (κ1) is 16.0. The molecule has 0 saturated heterocycles. The number of anilines is 4. The van der Waals surface area contributed by atoms with E-state index in [2.05, 4.69) is 25.6 Å². The molecule has 2 heterocycles. The van der Waals surface area contributed by atoms with Gasteiger partial charge in [-0.1, -0.05) is 23.7 Å². The summed E-state index contributed by atoms with van der Waals surface area (Å²) in [5.74, 6) is 1.76. The predicted octanol–water partition coefficient (Wildman–Crippen LogP) is 3.77. The van der Waals surface area contributed by atoms with Gasteiger partial charge in [0, 0.05) is 17.8 Å². The molecule has 0 bridgehead atoms. The molecule has 0 fully saturated rings. The number of halogens is 1. The Morgan fingerprint density at radius 2 is 1.79 bits per heavy atom. The van der Waals surface area contributed by atoms with E-state index in [0.29, 0.717) is 34.7 Å². The van der Waals surface area contributed by atoms with Gasteiger partial charge in [0.1, 0.15) is 17.8 Å². The number of nitrogens with two attached hydrogens (primary N) is 1. The smallest absolute Gasteiger partial charge is 0.160 e. The maximum Gasteiger partial charge on any atom is 0.160 e. The van der Waals surface area contributed by atoms with Crippen LogP contribution in [0.3, 0.4) is 0 Å². The standard InChI is InChI=1S/C17H17ClN6/c1-11-6-7-20-14(8-11)24-17-15(19)16(22-10-23-17)21-9-12-2-4-13(18)5-3-12/h2-8,10H,9,19H2,1H3,(H2,20,21,22,23,24). The van der Waals surface area contributed by atoms with Crippen molar-refractivity contribution < 1.29 is 0 Å². The van der Waals surface area contributed by atoms with E-state index in [1.807, 2.05) is 43.3 Å². The van der Waals surface area contributed by atoms with E-state index in [1.165, 1.54) is 6.33 Å². The Labute approximate surface area is 145 Å². The SMILES string of the molecule is Cc1ccnc(Nc2ncnc(NCc3ccc(Cl)cc3)c2N)c1. The highest BCUT2D eigenvalue weighted by Crippen LogP contribution is 2.25. The molecule has 3 rings (SSSR count). The van der Waals surface area contributed by atoms with Crippen molar-refractivity contribution in [1.29, 1.82) is 0 Å². The van der Waals surface area contributed by atoms with Gasteiger partial charge in [-0.15, -0.1) is 0 Å². The minimum absolute atomic E-state index is 0.440. The number of hydrogen-bond acceptors (Lipinski definition) is 6. The van der Waals surface area contributed by atoms with Crippen molar-refractivity contribution in [3.8, 4) is 0 Å². The number of benzene rings is 1. The van der Waals surface area contributed by atoms with Crippen LogP contribution in [-0.4, -0.2) is 15.0 Å². The van der Waals surface area contributed by atoms with Crippen LogP contribution < -0.4 is 16.4 Å². The molecule has 4 N–H and O–H groups in total. The van der Waals surface area contributed by atoms with Gasteiger partial charge in [-0.05, 0) is 42.3 Å². The van der Waals surface area contributed by atoms with Gasteiger partial charge in [0.15, 0.2) is 11.6 Å². The quantitative estimate of drug-likeness (QED) is 0.655. The molecular weight excluding hydrogens is 324 g/mol. The normalized spacial score (nSPS) is 10.4. The number of nitrogens with one attached hydrogen (secondary N) is 2. The second-order valence-corrected chi connectivity index (χ2v) is 5.74. The summed E-state index contributed by atoms with van der Waals surface area (Å²) in [5, 5.41) is 7.03. The van der Waals surface area contributed by atoms with E-state index in [-0.39, 0.29) is 0 Å². The first-order valence-corrected chi connectivity index (χ1v) is 7.78. The summed E-state index contributed by atoms with van der Waals surface area (Å²) in [7, 11) is 0. The summed E-state index contributed by atoms with van der Waals surface area (Å²) in [6.45, 7) is 2.58. The Bertz CT molecular complexity index is 835. The van der Waals surface area contributed by atoms with E-state index in [9.17, 15) is 0 Å². The highest BCUT2D eigenvalue weighted by molar-refractivity contribution is 6.30. The van der Waals surface area contributed by atoms with Crippen molar-refractivity contribution in [3.63, 3.8) is 0 Å². The molecule has 3 aromatic rings. The summed E-state index contributed by atoms with van der Waals surface area (Å²) in [6.07, 6.45) is 3.19. The maximum absolute atomic E-state index is 6.16. The average molecular weight is 341 g/mol. The third-order valence-corrected chi connectivity index (χ3v) is 3.67. The van der Waals surface area contributed by atoms with E-state index < -0.39 is 0 Å². The van der Waals surface area contributed by atoms with E-state index in [0.717, 1.165) is 11.1 Å². The molecule has 0 aliphatic carbocycles. The van der Waals surface area contributed by atoms with Gasteiger partial charge in [-0.2, -0.15) is 0 Å². The van der Waals surface area contributed by atoms with Gasteiger partial charge in [0.2, 0.25) is 0 Å². The molecule has 7 heteroatoms. The van der Waals surface area contributed by atoms with Crippen molar-refractivity contribution in [3.05, 3.63) is 65.1 Å². The molecule has 0 saturated carbocycles. The average Bonchev–Trinajstić information content (AvgIpc) is 2.57. The molecule has 0 aliphatic rings. The zero-order chi connectivity index (χ0) is 16.9. The highest BCUT2D eigenvalue weighted by atomic mass is 35.5. The Morgan fingerprint density at radius 1 is 1.04 bits per heavy atom. The lowest BCUT2D eigenvalue weighted by atomic mass is 10.2. The van der Waals surface area contributed by atoms with Crippen LogP contribution >= 0.6 is 11.6 Å². The first-order valence-electron chi connectivity index (χ1n) is 7.40. The third-order valence-electron chi connectivity index (χ3n) is 3.42. The molecule has 0 radical (unpaired) electrons. The topological polar surface area (TPSA) is 88.8 Å². The van der Waals surface area contributed by atoms with Crippen LogP contribution in [0.15, 0.2) is 48.9 Å². The number of nitrogen functional groups attached to an aromatic ring is 1. The highest BCUT2D eigenvalue weighted by Gasteiger charge is 2.09. The van der Waals surface area contributed by atoms with Crippen LogP contribution in [0.4, 0.5) is 23.1 Å². The number of aryl methyl sites for hydroxylation is 1.